The van der Waals surface area contributed by atoms with Crippen LogP contribution in [0.5, 0.6) is 0 Å². The minimum atomic E-state index is -0.651. The minimum absolute atomic E-state index is 0.150. The third-order valence-electron chi connectivity index (χ3n) is 5.78. The zero-order chi connectivity index (χ0) is 27.5. The Labute approximate surface area is 217 Å². The van der Waals surface area contributed by atoms with Gasteiger partial charge in [0.25, 0.3) is 0 Å². The van der Waals surface area contributed by atoms with Gasteiger partial charge < -0.3 is 5.32 Å². The Bertz CT molecular complexity index is 1130. The molecular formula is C32H42F2N2. The molecule has 0 fully saturated rings. The minimum Gasteiger partial charge on any atom is -0.383 e. The van der Waals surface area contributed by atoms with Gasteiger partial charge in [-0.2, -0.15) is 0 Å². The van der Waals surface area contributed by atoms with E-state index in [9.17, 15) is 8.78 Å². The zero-order valence-electron chi connectivity index (χ0n) is 23.2. The molecule has 0 radical (unpaired) electrons. The van der Waals surface area contributed by atoms with Crippen LogP contribution in [-0.2, 0) is 0 Å². The third-order valence-corrected chi connectivity index (χ3v) is 5.78. The Morgan fingerprint density at radius 3 is 2.03 bits per heavy atom. The Morgan fingerprint density at radius 1 is 1.00 bits per heavy atom. The fourth-order valence-corrected chi connectivity index (χ4v) is 3.85. The maximum atomic E-state index is 14.4. The van der Waals surface area contributed by atoms with Crippen molar-refractivity contribution in [3.63, 3.8) is 0 Å². The second-order valence-corrected chi connectivity index (χ2v) is 9.73. The van der Waals surface area contributed by atoms with Crippen molar-refractivity contribution in [3.8, 4) is 0 Å². The number of allylic oxidation sites excluding steroid dienone is 6. The molecule has 0 amide bonds. The first-order valence-corrected chi connectivity index (χ1v) is 12.3. The van der Waals surface area contributed by atoms with Crippen molar-refractivity contribution in [2.45, 2.75) is 66.8 Å². The van der Waals surface area contributed by atoms with E-state index in [1.165, 1.54) is 23.3 Å². The summed E-state index contributed by atoms with van der Waals surface area (Å²) in [6.07, 6.45) is 5.68. The van der Waals surface area contributed by atoms with Crippen molar-refractivity contribution in [1.29, 1.82) is 0 Å². The fourth-order valence-electron chi connectivity index (χ4n) is 3.85. The van der Waals surface area contributed by atoms with Gasteiger partial charge >= 0.3 is 0 Å². The Balaban J connectivity index is 0.000000681. The van der Waals surface area contributed by atoms with Crippen molar-refractivity contribution >= 4 is 11.3 Å². The lowest BCUT2D eigenvalue weighted by atomic mass is 9.91. The van der Waals surface area contributed by atoms with Crippen molar-refractivity contribution < 1.29 is 8.78 Å². The van der Waals surface area contributed by atoms with Gasteiger partial charge in [0.15, 0.2) is 0 Å². The number of hydrogen-bond acceptors (Lipinski definition) is 2. The highest BCUT2D eigenvalue weighted by atomic mass is 19.1. The summed E-state index contributed by atoms with van der Waals surface area (Å²) in [5.74, 6) is -1.27. The maximum Gasteiger partial charge on any atom is 0.133 e. The molecule has 2 aromatic rings. The summed E-state index contributed by atoms with van der Waals surface area (Å²) in [5.41, 5.74) is 6.32. The normalized spacial score (nSPS) is 12.6. The number of aryl methyl sites for hydroxylation is 2. The van der Waals surface area contributed by atoms with Crippen LogP contribution in [0, 0.1) is 25.5 Å². The van der Waals surface area contributed by atoms with Crippen LogP contribution in [0.25, 0.3) is 5.57 Å². The summed E-state index contributed by atoms with van der Waals surface area (Å²) in [6, 6.07) is 11.9. The van der Waals surface area contributed by atoms with Gasteiger partial charge in [0.1, 0.15) is 11.6 Å². The Morgan fingerprint density at radius 2 is 1.58 bits per heavy atom. The lowest BCUT2D eigenvalue weighted by Crippen LogP contribution is -2.38. The topological polar surface area (TPSA) is 24.4 Å². The summed E-state index contributed by atoms with van der Waals surface area (Å²) in [5, 5.41) is 3.53. The van der Waals surface area contributed by atoms with Crippen molar-refractivity contribution in [2.75, 3.05) is 7.05 Å². The van der Waals surface area contributed by atoms with Crippen LogP contribution < -0.4 is 5.32 Å². The number of benzene rings is 2. The summed E-state index contributed by atoms with van der Waals surface area (Å²) < 4.78 is 27.8. The summed E-state index contributed by atoms with van der Waals surface area (Å²) in [7, 11) is 1.68. The van der Waals surface area contributed by atoms with Crippen LogP contribution in [0.3, 0.4) is 0 Å². The van der Waals surface area contributed by atoms with Crippen LogP contribution >= 0.6 is 0 Å². The van der Waals surface area contributed by atoms with Crippen LogP contribution in [0.2, 0.25) is 0 Å². The van der Waals surface area contributed by atoms with Gasteiger partial charge in [0.2, 0.25) is 0 Å². The van der Waals surface area contributed by atoms with E-state index < -0.39 is 11.6 Å². The molecule has 0 spiro atoms. The molecule has 0 bridgehead atoms. The molecule has 0 unspecified atom stereocenters. The van der Waals surface area contributed by atoms with Gasteiger partial charge in [0, 0.05) is 35.5 Å². The predicted octanol–water partition coefficient (Wildman–Crippen LogP) is 8.93. The van der Waals surface area contributed by atoms with Gasteiger partial charge in [-0.1, -0.05) is 62.4 Å². The average Bonchev–Trinajstić information content (AvgIpc) is 2.78. The zero-order valence-corrected chi connectivity index (χ0v) is 23.2. The molecule has 0 heterocycles. The van der Waals surface area contributed by atoms with Gasteiger partial charge in [0.05, 0.1) is 5.71 Å². The number of halogens is 2. The molecule has 0 atom stereocenters. The molecule has 2 rings (SSSR count). The summed E-state index contributed by atoms with van der Waals surface area (Å²) in [4.78, 5) is 4.38. The predicted molar refractivity (Wildman–Crippen MR) is 153 cm³/mol. The number of hydrogen-bond donors (Lipinski definition) is 1. The first kappa shape index (κ1) is 30.8. The highest BCUT2D eigenvalue weighted by Crippen LogP contribution is 2.29. The van der Waals surface area contributed by atoms with Gasteiger partial charge in [-0.3, -0.25) is 4.99 Å². The van der Waals surface area contributed by atoms with Gasteiger partial charge in [-0.15, -0.1) is 0 Å². The second kappa shape index (κ2) is 14.3. The smallest absolute Gasteiger partial charge is 0.133 e. The molecule has 0 aliphatic carbocycles. The van der Waals surface area contributed by atoms with E-state index in [0.717, 1.165) is 30.2 Å². The van der Waals surface area contributed by atoms with E-state index in [2.05, 4.69) is 82.4 Å². The van der Waals surface area contributed by atoms with Crippen LogP contribution in [-0.4, -0.2) is 18.3 Å². The molecular weight excluding hydrogens is 450 g/mol. The van der Waals surface area contributed by atoms with E-state index in [-0.39, 0.29) is 11.1 Å². The van der Waals surface area contributed by atoms with E-state index in [0.29, 0.717) is 16.9 Å². The van der Waals surface area contributed by atoms with Crippen molar-refractivity contribution in [1.82, 2.24) is 5.32 Å². The molecule has 2 aromatic carbocycles. The number of rotatable bonds is 9. The monoisotopic (exact) mass is 492 g/mol. The van der Waals surface area contributed by atoms with Crippen LogP contribution in [0.4, 0.5) is 8.78 Å². The first-order valence-electron chi connectivity index (χ1n) is 12.3. The van der Waals surface area contributed by atoms with Gasteiger partial charge in [-0.05, 0) is 82.9 Å². The molecule has 0 saturated carbocycles. The maximum absolute atomic E-state index is 14.4. The van der Waals surface area contributed by atoms with Gasteiger partial charge in [-0.25, -0.2) is 8.78 Å². The molecule has 0 aliphatic heterocycles. The molecule has 1 N–H and O–H groups in total. The van der Waals surface area contributed by atoms with Crippen molar-refractivity contribution in [2.24, 2.45) is 4.99 Å². The largest absolute Gasteiger partial charge is 0.383 e. The quantitative estimate of drug-likeness (QED) is 0.274. The van der Waals surface area contributed by atoms with Crippen LogP contribution in [0.1, 0.15) is 64.2 Å². The van der Waals surface area contributed by atoms with Crippen LogP contribution in [0.15, 0.2) is 89.6 Å². The fraction of sp³-hybridized carbons (Fsp3) is 0.344. The Kier molecular flexibility index (Phi) is 12.2. The van der Waals surface area contributed by atoms with E-state index in [4.69, 9.17) is 0 Å². The van der Waals surface area contributed by atoms with E-state index in [1.54, 1.807) is 7.05 Å². The van der Waals surface area contributed by atoms with Crippen molar-refractivity contribution in [3.05, 3.63) is 113 Å². The lowest BCUT2D eigenvalue weighted by molar-refractivity contribution is 0.392. The SMILES string of the molecule is C=C(C)/C=C\C(=NC)/C(C(=C)c1ccc(F)cc1F)=C(/C)NC(C)(C)CCC.Cc1ccccc1C. The standard InChI is InChI=1S/C24H32F2N2.C8H10/c1-9-14-24(6,7)28-18(5)23(22(27-8)13-10-16(2)3)17(4)20-12-11-19(25)15-21(20)26;1-7-5-3-4-6-8(7)2/h10-13,15,28H,2,4,9,14H2,1,3,5-8H3;3-6H,1-2H3/b13-10-,23-18-,27-22?;. The number of nitrogens with zero attached hydrogens (tertiary/aromatic N) is 1. The Hall–Kier alpha value is -3.27. The van der Waals surface area contributed by atoms with E-state index >= 15 is 0 Å². The second-order valence-electron chi connectivity index (χ2n) is 9.73. The number of aliphatic imine (C=N–C) groups is 1. The molecule has 194 valence electrons. The molecule has 0 aliphatic rings. The number of nitrogens with one attached hydrogen (secondary N) is 1. The molecule has 0 aromatic heterocycles. The highest BCUT2D eigenvalue weighted by Gasteiger charge is 2.22. The molecule has 36 heavy (non-hydrogen) atoms. The molecule has 4 heteroatoms. The summed E-state index contributed by atoms with van der Waals surface area (Å²) in [6.45, 7) is 22.4. The van der Waals surface area contributed by atoms with E-state index in [1.807, 2.05) is 26.0 Å². The average molecular weight is 493 g/mol. The highest BCUT2D eigenvalue weighted by molar-refractivity contribution is 6.19. The first-order chi connectivity index (χ1) is 16.8. The summed E-state index contributed by atoms with van der Waals surface area (Å²) >= 11 is 0. The molecule has 2 nitrogen and oxygen atoms in total. The lowest BCUT2D eigenvalue weighted by Gasteiger charge is -2.29. The third kappa shape index (κ3) is 9.77. The molecule has 0 saturated heterocycles.